The zero-order valence-corrected chi connectivity index (χ0v) is 16.1. The molecule has 0 saturated heterocycles. The lowest BCUT2D eigenvalue weighted by Gasteiger charge is -2.25. The number of benzene rings is 1. The van der Waals surface area contributed by atoms with E-state index in [-0.39, 0.29) is 0 Å². The molecule has 0 aliphatic carbocycles. The van der Waals surface area contributed by atoms with Gasteiger partial charge < -0.3 is 0 Å². The average Bonchev–Trinajstić information content (AvgIpc) is 2.51. The molecular weight excluding hydrogens is 290 g/mol. The number of rotatable bonds is 7. The Labute approximate surface area is 148 Å². The van der Waals surface area contributed by atoms with E-state index in [9.17, 15) is 0 Å². The Morgan fingerprint density at radius 3 is 2.21 bits per heavy atom. The molecule has 1 nitrogen and oxygen atoms in total. The van der Waals surface area contributed by atoms with Gasteiger partial charge in [0.2, 0.25) is 0 Å². The van der Waals surface area contributed by atoms with Crippen LogP contribution in [-0.2, 0) is 19.3 Å². The summed E-state index contributed by atoms with van der Waals surface area (Å²) in [5.41, 5.74) is 4.83. The summed E-state index contributed by atoms with van der Waals surface area (Å²) in [5.74, 6) is 0. The van der Waals surface area contributed by atoms with Crippen molar-refractivity contribution in [3.05, 3.63) is 65.5 Å². The maximum atomic E-state index is 4.45. The second-order valence-electron chi connectivity index (χ2n) is 9.04. The van der Waals surface area contributed by atoms with Gasteiger partial charge in [0.1, 0.15) is 0 Å². The lowest BCUT2D eigenvalue weighted by atomic mass is 9.80. The van der Waals surface area contributed by atoms with Crippen LogP contribution >= 0.6 is 0 Å². The van der Waals surface area contributed by atoms with E-state index >= 15 is 0 Å². The van der Waals surface area contributed by atoms with Crippen molar-refractivity contribution >= 4 is 0 Å². The Morgan fingerprint density at radius 2 is 1.54 bits per heavy atom. The van der Waals surface area contributed by atoms with Gasteiger partial charge in [-0.1, -0.05) is 65.0 Å². The quantitative estimate of drug-likeness (QED) is 0.586. The fraction of sp³-hybridized carbons (Fsp3) is 0.522. The molecule has 130 valence electrons. The SMILES string of the molecule is CC(C)(C)CCc1cccc(CC(C)(C)CCc2ccccn2)c1. The zero-order valence-electron chi connectivity index (χ0n) is 16.1. The monoisotopic (exact) mass is 323 g/mol. The fourth-order valence-electron chi connectivity index (χ4n) is 3.07. The molecule has 0 aliphatic rings. The van der Waals surface area contributed by atoms with E-state index in [0.717, 1.165) is 19.3 Å². The van der Waals surface area contributed by atoms with Crippen molar-refractivity contribution in [3.63, 3.8) is 0 Å². The van der Waals surface area contributed by atoms with Gasteiger partial charge in [0, 0.05) is 11.9 Å². The Hall–Kier alpha value is -1.63. The molecule has 2 rings (SSSR count). The normalized spacial score (nSPS) is 12.4. The number of aryl methyl sites for hydroxylation is 2. The smallest absolute Gasteiger partial charge is 0.0403 e. The molecule has 0 amide bonds. The van der Waals surface area contributed by atoms with Gasteiger partial charge in [-0.3, -0.25) is 4.98 Å². The summed E-state index contributed by atoms with van der Waals surface area (Å²) in [6.45, 7) is 11.7. The first-order valence-corrected chi connectivity index (χ1v) is 9.21. The number of hydrogen-bond acceptors (Lipinski definition) is 1. The zero-order chi connectivity index (χ0) is 17.6. The van der Waals surface area contributed by atoms with Crippen LogP contribution in [0.25, 0.3) is 0 Å². The third kappa shape index (κ3) is 6.86. The summed E-state index contributed by atoms with van der Waals surface area (Å²) in [5, 5.41) is 0. The highest BCUT2D eigenvalue weighted by Gasteiger charge is 2.19. The second kappa shape index (κ2) is 7.96. The molecule has 0 spiro atoms. The van der Waals surface area contributed by atoms with Crippen molar-refractivity contribution in [1.29, 1.82) is 0 Å². The molecule has 0 fully saturated rings. The Morgan fingerprint density at radius 1 is 0.792 bits per heavy atom. The van der Waals surface area contributed by atoms with Gasteiger partial charge in [0.05, 0.1) is 0 Å². The number of pyridine rings is 1. The van der Waals surface area contributed by atoms with E-state index in [4.69, 9.17) is 0 Å². The van der Waals surface area contributed by atoms with Gasteiger partial charge in [-0.2, -0.15) is 0 Å². The topological polar surface area (TPSA) is 12.9 Å². The summed E-state index contributed by atoms with van der Waals surface area (Å²) in [4.78, 5) is 4.45. The van der Waals surface area contributed by atoms with Crippen molar-refractivity contribution in [2.24, 2.45) is 10.8 Å². The number of hydrogen-bond donors (Lipinski definition) is 0. The molecule has 0 saturated carbocycles. The van der Waals surface area contributed by atoms with Gasteiger partial charge in [-0.15, -0.1) is 0 Å². The Balaban J connectivity index is 1.93. The van der Waals surface area contributed by atoms with Crippen LogP contribution < -0.4 is 0 Å². The minimum atomic E-state index is 0.292. The lowest BCUT2D eigenvalue weighted by molar-refractivity contribution is 0.331. The van der Waals surface area contributed by atoms with E-state index in [1.54, 1.807) is 0 Å². The molecular formula is C23H33N. The first-order valence-electron chi connectivity index (χ1n) is 9.21. The highest BCUT2D eigenvalue weighted by atomic mass is 14.7. The van der Waals surface area contributed by atoms with Crippen LogP contribution in [0, 0.1) is 10.8 Å². The van der Waals surface area contributed by atoms with E-state index in [1.807, 2.05) is 12.3 Å². The second-order valence-corrected chi connectivity index (χ2v) is 9.04. The number of nitrogens with zero attached hydrogens (tertiary/aromatic N) is 1. The van der Waals surface area contributed by atoms with E-state index in [0.29, 0.717) is 10.8 Å². The first kappa shape index (κ1) is 18.7. The minimum absolute atomic E-state index is 0.292. The third-order valence-electron chi connectivity index (χ3n) is 4.62. The van der Waals surface area contributed by atoms with Crippen LogP contribution in [0.4, 0.5) is 0 Å². The summed E-state index contributed by atoms with van der Waals surface area (Å²) >= 11 is 0. The molecule has 1 heteroatoms. The number of aromatic nitrogens is 1. The predicted molar refractivity (Wildman–Crippen MR) is 104 cm³/mol. The van der Waals surface area contributed by atoms with Gasteiger partial charge in [-0.25, -0.2) is 0 Å². The molecule has 2 aromatic rings. The summed E-state index contributed by atoms with van der Waals surface area (Å²) in [6.07, 6.45) is 7.64. The lowest BCUT2D eigenvalue weighted by Crippen LogP contribution is -2.16. The van der Waals surface area contributed by atoms with E-state index in [2.05, 4.69) is 76.0 Å². The standard InChI is InChI=1S/C23H33N/c1-22(2,3)14-12-19-9-8-10-20(17-19)18-23(4,5)15-13-21-11-6-7-16-24-21/h6-11,16-17H,12-15,18H2,1-5H3. The summed E-state index contributed by atoms with van der Waals surface area (Å²) in [7, 11) is 0. The van der Waals surface area contributed by atoms with Crippen LogP contribution in [0.15, 0.2) is 48.7 Å². The van der Waals surface area contributed by atoms with Crippen LogP contribution in [0.5, 0.6) is 0 Å². The molecule has 0 atom stereocenters. The maximum absolute atomic E-state index is 4.45. The van der Waals surface area contributed by atoms with Crippen molar-refractivity contribution in [3.8, 4) is 0 Å². The molecule has 0 bridgehead atoms. The molecule has 0 N–H and O–H groups in total. The molecule has 0 unspecified atom stereocenters. The van der Waals surface area contributed by atoms with Gasteiger partial charge >= 0.3 is 0 Å². The Kier molecular flexibility index (Phi) is 6.21. The van der Waals surface area contributed by atoms with E-state index < -0.39 is 0 Å². The largest absolute Gasteiger partial charge is 0.261 e. The van der Waals surface area contributed by atoms with Gasteiger partial charge in [0.15, 0.2) is 0 Å². The molecule has 1 heterocycles. The van der Waals surface area contributed by atoms with Gasteiger partial charge in [-0.05, 0) is 66.2 Å². The third-order valence-corrected chi connectivity index (χ3v) is 4.62. The van der Waals surface area contributed by atoms with E-state index in [1.165, 1.54) is 29.7 Å². The highest BCUT2D eigenvalue weighted by molar-refractivity contribution is 5.24. The average molecular weight is 324 g/mol. The first-order chi connectivity index (χ1) is 11.2. The van der Waals surface area contributed by atoms with Crippen molar-refractivity contribution in [2.45, 2.75) is 66.7 Å². The van der Waals surface area contributed by atoms with Crippen LogP contribution in [-0.4, -0.2) is 4.98 Å². The van der Waals surface area contributed by atoms with Crippen molar-refractivity contribution in [1.82, 2.24) is 4.98 Å². The van der Waals surface area contributed by atoms with Crippen LogP contribution in [0.1, 0.15) is 64.3 Å². The summed E-state index contributed by atoms with van der Waals surface area (Å²) < 4.78 is 0. The predicted octanol–water partition coefficient (Wildman–Crippen LogP) is 6.26. The molecule has 24 heavy (non-hydrogen) atoms. The summed E-state index contributed by atoms with van der Waals surface area (Å²) in [6, 6.07) is 15.4. The fourth-order valence-corrected chi connectivity index (χ4v) is 3.07. The molecule has 1 aromatic carbocycles. The maximum Gasteiger partial charge on any atom is 0.0403 e. The minimum Gasteiger partial charge on any atom is -0.261 e. The molecule has 1 aromatic heterocycles. The Bertz CT molecular complexity index is 620. The van der Waals surface area contributed by atoms with Crippen LogP contribution in [0.2, 0.25) is 0 Å². The van der Waals surface area contributed by atoms with Crippen molar-refractivity contribution in [2.75, 3.05) is 0 Å². The van der Waals surface area contributed by atoms with Crippen molar-refractivity contribution < 1.29 is 0 Å². The molecule has 0 aliphatic heterocycles. The molecule has 0 radical (unpaired) electrons. The van der Waals surface area contributed by atoms with Gasteiger partial charge in [0.25, 0.3) is 0 Å². The van der Waals surface area contributed by atoms with Crippen LogP contribution in [0.3, 0.4) is 0 Å². The highest BCUT2D eigenvalue weighted by Crippen LogP contribution is 2.28.